The number of aryl methyl sites for hydroxylation is 1. The van der Waals surface area contributed by atoms with Gasteiger partial charge in [-0.25, -0.2) is 4.79 Å². The largest absolute Gasteiger partial charge is 0.334 e. The van der Waals surface area contributed by atoms with Gasteiger partial charge < -0.3 is 10.6 Å². The predicted octanol–water partition coefficient (Wildman–Crippen LogP) is 3.22. The molecule has 0 aliphatic rings. The van der Waals surface area contributed by atoms with E-state index in [4.69, 9.17) is 0 Å². The lowest BCUT2D eigenvalue weighted by atomic mass is 10.1. The fourth-order valence-corrected chi connectivity index (χ4v) is 1.91. The van der Waals surface area contributed by atoms with Crippen molar-refractivity contribution in [3.05, 3.63) is 69.8 Å². The first kappa shape index (κ1) is 14.5. The van der Waals surface area contributed by atoms with Crippen molar-refractivity contribution in [2.75, 3.05) is 5.32 Å². The third-order valence-electron chi connectivity index (χ3n) is 2.88. The Balaban J connectivity index is 1.98. The summed E-state index contributed by atoms with van der Waals surface area (Å²) in [7, 11) is 0. The molecule has 2 aromatic rings. The second-order valence-corrected chi connectivity index (χ2v) is 4.57. The molecule has 0 bridgehead atoms. The Bertz CT molecular complexity index is 671. The summed E-state index contributed by atoms with van der Waals surface area (Å²) in [5.74, 6) is 0. The first-order valence-electron chi connectivity index (χ1n) is 6.40. The third-order valence-corrected chi connectivity index (χ3v) is 2.88. The van der Waals surface area contributed by atoms with Crippen LogP contribution in [0.15, 0.2) is 48.5 Å². The fraction of sp³-hybridized carbons (Fsp3) is 0.133. The molecule has 21 heavy (non-hydrogen) atoms. The first-order chi connectivity index (χ1) is 10.1. The maximum absolute atomic E-state index is 11.8. The van der Waals surface area contributed by atoms with E-state index in [2.05, 4.69) is 10.6 Å². The van der Waals surface area contributed by atoms with Crippen molar-refractivity contribution in [3.63, 3.8) is 0 Å². The number of nitrogens with zero attached hydrogens (tertiary/aromatic N) is 1. The van der Waals surface area contributed by atoms with Gasteiger partial charge in [0.05, 0.1) is 4.92 Å². The molecule has 0 atom stereocenters. The Hall–Kier alpha value is -2.89. The highest BCUT2D eigenvalue weighted by molar-refractivity contribution is 5.91. The Morgan fingerprint density at radius 2 is 1.95 bits per heavy atom. The summed E-state index contributed by atoms with van der Waals surface area (Å²) in [5, 5.41) is 16.0. The van der Waals surface area contributed by atoms with E-state index in [1.54, 1.807) is 12.1 Å². The minimum atomic E-state index is -0.532. The third kappa shape index (κ3) is 4.04. The SMILES string of the molecule is Cc1cccc(CNC(=O)Nc2ccccc2[N+](=O)[O-])c1. The number of urea groups is 1. The number of nitrogens with one attached hydrogen (secondary N) is 2. The van der Waals surface area contributed by atoms with Gasteiger partial charge in [0.25, 0.3) is 5.69 Å². The van der Waals surface area contributed by atoms with Gasteiger partial charge in [-0.05, 0) is 18.6 Å². The van der Waals surface area contributed by atoms with Crippen molar-refractivity contribution < 1.29 is 9.72 Å². The van der Waals surface area contributed by atoms with Crippen molar-refractivity contribution in [1.29, 1.82) is 0 Å². The van der Waals surface area contributed by atoms with E-state index in [0.29, 0.717) is 6.54 Å². The fourth-order valence-electron chi connectivity index (χ4n) is 1.91. The number of anilines is 1. The average molecular weight is 285 g/mol. The average Bonchev–Trinajstić information content (AvgIpc) is 2.45. The number of hydrogen-bond acceptors (Lipinski definition) is 3. The molecule has 108 valence electrons. The molecule has 2 rings (SSSR count). The van der Waals surface area contributed by atoms with E-state index < -0.39 is 11.0 Å². The molecule has 0 spiro atoms. The van der Waals surface area contributed by atoms with Crippen LogP contribution in [0.4, 0.5) is 16.2 Å². The summed E-state index contributed by atoms with van der Waals surface area (Å²) in [4.78, 5) is 22.1. The Labute approximate surface area is 121 Å². The van der Waals surface area contributed by atoms with Gasteiger partial charge >= 0.3 is 6.03 Å². The van der Waals surface area contributed by atoms with Crippen LogP contribution in [-0.2, 0) is 6.54 Å². The maximum atomic E-state index is 11.8. The van der Waals surface area contributed by atoms with E-state index >= 15 is 0 Å². The van der Waals surface area contributed by atoms with Crippen LogP contribution in [0.1, 0.15) is 11.1 Å². The standard InChI is InChI=1S/C15H15N3O3/c1-11-5-4-6-12(9-11)10-16-15(19)17-13-7-2-3-8-14(13)18(20)21/h2-9H,10H2,1H3,(H2,16,17,19). The number of hydrogen-bond donors (Lipinski definition) is 2. The molecule has 6 heteroatoms. The van der Waals surface area contributed by atoms with Crippen molar-refractivity contribution in [1.82, 2.24) is 5.32 Å². The molecule has 0 aliphatic heterocycles. The summed E-state index contributed by atoms with van der Waals surface area (Å²) in [6.45, 7) is 2.32. The van der Waals surface area contributed by atoms with E-state index in [1.807, 2.05) is 31.2 Å². The summed E-state index contributed by atoms with van der Waals surface area (Å²) >= 11 is 0. The van der Waals surface area contributed by atoms with Crippen molar-refractivity contribution >= 4 is 17.4 Å². The van der Waals surface area contributed by atoms with Gasteiger partial charge in [0.2, 0.25) is 0 Å². The van der Waals surface area contributed by atoms with Gasteiger partial charge in [-0.1, -0.05) is 42.0 Å². The maximum Gasteiger partial charge on any atom is 0.319 e. The summed E-state index contributed by atoms with van der Waals surface area (Å²) in [6, 6.07) is 13.3. The van der Waals surface area contributed by atoms with Gasteiger partial charge in [0.1, 0.15) is 5.69 Å². The van der Waals surface area contributed by atoms with Gasteiger partial charge in [-0.15, -0.1) is 0 Å². The lowest BCUT2D eigenvalue weighted by Crippen LogP contribution is -2.28. The highest BCUT2D eigenvalue weighted by atomic mass is 16.6. The molecule has 0 radical (unpaired) electrons. The van der Waals surface area contributed by atoms with Crippen molar-refractivity contribution in [3.8, 4) is 0 Å². The molecule has 0 saturated heterocycles. The molecule has 2 aromatic carbocycles. The molecule has 2 amide bonds. The number of carbonyl (C=O) groups excluding carboxylic acids is 1. The Morgan fingerprint density at radius 1 is 1.19 bits per heavy atom. The number of rotatable bonds is 4. The zero-order chi connectivity index (χ0) is 15.2. The molecular weight excluding hydrogens is 270 g/mol. The molecule has 2 N–H and O–H groups in total. The van der Waals surface area contributed by atoms with E-state index in [0.717, 1.165) is 11.1 Å². The summed E-state index contributed by atoms with van der Waals surface area (Å²) in [5.41, 5.74) is 2.11. The molecule has 0 heterocycles. The van der Waals surface area contributed by atoms with Crippen LogP contribution in [0, 0.1) is 17.0 Å². The van der Waals surface area contributed by atoms with Gasteiger partial charge in [0.15, 0.2) is 0 Å². The zero-order valence-corrected chi connectivity index (χ0v) is 11.5. The minimum absolute atomic E-state index is 0.136. The van der Waals surface area contributed by atoms with Crippen LogP contribution in [0.5, 0.6) is 0 Å². The molecule has 0 fully saturated rings. The number of para-hydroxylation sites is 2. The van der Waals surface area contributed by atoms with Crippen molar-refractivity contribution in [2.45, 2.75) is 13.5 Å². The van der Waals surface area contributed by atoms with Gasteiger partial charge in [-0.3, -0.25) is 10.1 Å². The summed E-state index contributed by atoms with van der Waals surface area (Å²) < 4.78 is 0. The number of amides is 2. The van der Waals surface area contributed by atoms with E-state index in [-0.39, 0.29) is 11.4 Å². The van der Waals surface area contributed by atoms with Crippen LogP contribution in [-0.4, -0.2) is 11.0 Å². The predicted molar refractivity (Wildman–Crippen MR) is 80.1 cm³/mol. The lowest BCUT2D eigenvalue weighted by molar-refractivity contribution is -0.383. The normalized spacial score (nSPS) is 9.95. The minimum Gasteiger partial charge on any atom is -0.334 e. The topological polar surface area (TPSA) is 84.3 Å². The van der Waals surface area contributed by atoms with Crippen LogP contribution in [0.25, 0.3) is 0 Å². The van der Waals surface area contributed by atoms with Gasteiger partial charge in [0, 0.05) is 12.6 Å². The Kier molecular flexibility index (Phi) is 4.50. The summed E-state index contributed by atoms with van der Waals surface area (Å²) in [6.07, 6.45) is 0. The van der Waals surface area contributed by atoms with Crippen LogP contribution in [0.2, 0.25) is 0 Å². The quantitative estimate of drug-likeness (QED) is 0.668. The number of nitro benzene ring substituents is 1. The van der Waals surface area contributed by atoms with E-state index in [9.17, 15) is 14.9 Å². The second kappa shape index (κ2) is 6.51. The van der Waals surface area contributed by atoms with E-state index in [1.165, 1.54) is 12.1 Å². The van der Waals surface area contributed by atoms with Crippen molar-refractivity contribution in [2.24, 2.45) is 0 Å². The molecule has 0 saturated carbocycles. The Morgan fingerprint density at radius 3 is 2.67 bits per heavy atom. The monoisotopic (exact) mass is 285 g/mol. The number of nitro groups is 1. The molecule has 6 nitrogen and oxygen atoms in total. The lowest BCUT2D eigenvalue weighted by Gasteiger charge is -2.08. The molecule has 0 unspecified atom stereocenters. The highest BCUT2D eigenvalue weighted by Crippen LogP contribution is 2.22. The molecular formula is C15H15N3O3. The second-order valence-electron chi connectivity index (χ2n) is 4.57. The van der Waals surface area contributed by atoms with Crippen LogP contribution < -0.4 is 10.6 Å². The van der Waals surface area contributed by atoms with Crippen LogP contribution in [0.3, 0.4) is 0 Å². The molecule has 0 aliphatic carbocycles. The van der Waals surface area contributed by atoms with Crippen LogP contribution >= 0.6 is 0 Å². The first-order valence-corrected chi connectivity index (χ1v) is 6.40. The van der Waals surface area contributed by atoms with Gasteiger partial charge in [-0.2, -0.15) is 0 Å². The number of carbonyl (C=O) groups is 1. The smallest absolute Gasteiger partial charge is 0.319 e. The molecule has 0 aromatic heterocycles. The number of benzene rings is 2. The highest BCUT2D eigenvalue weighted by Gasteiger charge is 2.14. The zero-order valence-electron chi connectivity index (χ0n) is 11.5.